The first kappa shape index (κ1) is 24.2. The van der Waals surface area contributed by atoms with Crippen molar-refractivity contribution in [2.75, 3.05) is 19.8 Å². The molecule has 2 aliphatic heterocycles. The molecular weight excluding hydrogens is 468 g/mol. The molecule has 1 saturated heterocycles. The normalized spacial score (nSPS) is 18.6. The fourth-order valence-electron chi connectivity index (χ4n) is 4.61. The molecular formula is C26H31ClN4O4. The topological polar surface area (TPSA) is 82.7 Å². The number of rotatable bonds is 5. The predicted octanol–water partition coefficient (Wildman–Crippen LogP) is 5.06. The van der Waals surface area contributed by atoms with Gasteiger partial charge < -0.3 is 18.7 Å². The Labute approximate surface area is 210 Å². The van der Waals surface area contributed by atoms with E-state index in [1.807, 2.05) is 27.7 Å². The summed E-state index contributed by atoms with van der Waals surface area (Å²) in [5.74, 6) is 0.816. The van der Waals surface area contributed by atoms with Crippen molar-refractivity contribution in [2.45, 2.75) is 65.5 Å². The van der Waals surface area contributed by atoms with Gasteiger partial charge in [0, 0.05) is 24.8 Å². The molecule has 0 unspecified atom stereocenters. The van der Waals surface area contributed by atoms with E-state index in [1.165, 1.54) is 16.7 Å². The number of aromatic nitrogens is 3. The lowest BCUT2D eigenvalue weighted by Crippen LogP contribution is -2.51. The molecule has 2 aliphatic rings. The van der Waals surface area contributed by atoms with Crippen molar-refractivity contribution in [3.8, 4) is 28.7 Å². The van der Waals surface area contributed by atoms with Crippen LogP contribution in [0.15, 0.2) is 28.9 Å². The van der Waals surface area contributed by atoms with Gasteiger partial charge in [0.05, 0.1) is 30.9 Å². The second-order valence-electron chi connectivity index (χ2n) is 9.87. The van der Waals surface area contributed by atoms with Crippen LogP contribution in [-0.4, -0.2) is 57.7 Å². The lowest BCUT2D eigenvalue weighted by atomic mass is 9.91. The van der Waals surface area contributed by atoms with Crippen molar-refractivity contribution < 1.29 is 18.7 Å². The lowest BCUT2D eigenvalue weighted by molar-refractivity contribution is -0.264. The SMILES string of the molecule is Cc1c(-c2noc(-c3cnc(OC(C)C)c(Cl)c3)n2)ccc2c1CCN(C1COC(C)(C)OC1)C2. The van der Waals surface area contributed by atoms with Crippen LogP contribution in [-0.2, 0) is 22.4 Å². The number of halogens is 1. The Morgan fingerprint density at radius 2 is 1.97 bits per heavy atom. The van der Waals surface area contributed by atoms with E-state index in [2.05, 4.69) is 39.1 Å². The maximum atomic E-state index is 6.34. The van der Waals surface area contributed by atoms with Crippen LogP contribution in [0.1, 0.15) is 44.4 Å². The quantitative estimate of drug-likeness (QED) is 0.483. The largest absolute Gasteiger partial charge is 0.474 e. The fourth-order valence-corrected chi connectivity index (χ4v) is 4.82. The van der Waals surface area contributed by atoms with E-state index >= 15 is 0 Å². The molecule has 0 radical (unpaired) electrons. The first-order valence-electron chi connectivity index (χ1n) is 12.0. The monoisotopic (exact) mass is 498 g/mol. The van der Waals surface area contributed by atoms with E-state index in [0.29, 0.717) is 41.4 Å². The summed E-state index contributed by atoms with van der Waals surface area (Å²) in [5.41, 5.74) is 5.47. The third-order valence-corrected chi connectivity index (χ3v) is 6.82. The van der Waals surface area contributed by atoms with Crippen LogP contribution in [0.4, 0.5) is 0 Å². The Morgan fingerprint density at radius 3 is 2.69 bits per heavy atom. The molecule has 1 fully saturated rings. The summed E-state index contributed by atoms with van der Waals surface area (Å²) in [5, 5.41) is 4.65. The van der Waals surface area contributed by atoms with E-state index in [0.717, 1.165) is 25.1 Å². The first-order valence-corrected chi connectivity index (χ1v) is 12.4. The van der Waals surface area contributed by atoms with Crippen molar-refractivity contribution >= 4 is 11.6 Å². The number of benzene rings is 1. The zero-order valence-corrected chi connectivity index (χ0v) is 21.6. The standard InChI is InChI=1S/C26H31ClN4O4/c1-15(2)34-25-22(27)10-18(11-28-25)24-29-23(30-35-24)21-7-6-17-12-31(9-8-20(17)16(21)3)19-13-32-26(4,5)33-14-19/h6-7,10-11,15,19H,8-9,12-14H2,1-5H3. The zero-order chi connectivity index (χ0) is 24.7. The fraction of sp³-hybridized carbons (Fsp3) is 0.500. The molecule has 0 saturated carbocycles. The van der Waals surface area contributed by atoms with Crippen LogP contribution in [0.5, 0.6) is 5.88 Å². The molecule has 0 N–H and O–H groups in total. The Hall–Kier alpha value is -2.52. The molecule has 0 amide bonds. The molecule has 3 aromatic rings. The maximum Gasteiger partial charge on any atom is 0.259 e. The summed E-state index contributed by atoms with van der Waals surface area (Å²) < 4.78 is 22.9. The zero-order valence-electron chi connectivity index (χ0n) is 20.8. The molecule has 4 heterocycles. The summed E-state index contributed by atoms with van der Waals surface area (Å²) in [6.45, 7) is 13.1. The molecule has 0 aliphatic carbocycles. The summed E-state index contributed by atoms with van der Waals surface area (Å²) in [6, 6.07) is 6.25. The van der Waals surface area contributed by atoms with E-state index in [1.54, 1.807) is 12.3 Å². The van der Waals surface area contributed by atoms with Gasteiger partial charge in [-0.05, 0) is 63.8 Å². The van der Waals surface area contributed by atoms with Gasteiger partial charge in [0.15, 0.2) is 5.79 Å². The van der Waals surface area contributed by atoms with E-state index in [-0.39, 0.29) is 12.1 Å². The van der Waals surface area contributed by atoms with Crippen LogP contribution in [0.3, 0.4) is 0 Å². The average Bonchev–Trinajstić information content (AvgIpc) is 3.30. The van der Waals surface area contributed by atoms with Gasteiger partial charge in [0.2, 0.25) is 11.7 Å². The van der Waals surface area contributed by atoms with Crippen molar-refractivity contribution in [1.29, 1.82) is 0 Å². The van der Waals surface area contributed by atoms with E-state index in [4.69, 9.17) is 30.3 Å². The van der Waals surface area contributed by atoms with Crippen LogP contribution in [0.25, 0.3) is 22.8 Å². The molecule has 35 heavy (non-hydrogen) atoms. The van der Waals surface area contributed by atoms with E-state index in [9.17, 15) is 0 Å². The predicted molar refractivity (Wildman–Crippen MR) is 132 cm³/mol. The first-order chi connectivity index (χ1) is 16.7. The lowest BCUT2D eigenvalue weighted by Gasteiger charge is -2.42. The Bertz CT molecular complexity index is 1220. The van der Waals surface area contributed by atoms with Gasteiger partial charge in [-0.3, -0.25) is 4.90 Å². The highest BCUT2D eigenvalue weighted by Gasteiger charge is 2.33. The molecule has 186 valence electrons. The van der Waals surface area contributed by atoms with Crippen molar-refractivity contribution in [3.63, 3.8) is 0 Å². The van der Waals surface area contributed by atoms with Gasteiger partial charge in [-0.1, -0.05) is 28.9 Å². The van der Waals surface area contributed by atoms with Crippen molar-refractivity contribution in [2.24, 2.45) is 0 Å². The minimum atomic E-state index is -0.496. The minimum absolute atomic E-state index is 0.0172. The maximum absolute atomic E-state index is 6.34. The summed E-state index contributed by atoms with van der Waals surface area (Å²) in [4.78, 5) is 11.4. The Balaban J connectivity index is 1.33. The minimum Gasteiger partial charge on any atom is -0.474 e. The Kier molecular flexibility index (Phi) is 6.57. The highest BCUT2D eigenvalue weighted by Crippen LogP contribution is 2.33. The third-order valence-electron chi connectivity index (χ3n) is 6.55. The van der Waals surface area contributed by atoms with Crippen LogP contribution in [0.2, 0.25) is 5.02 Å². The summed E-state index contributed by atoms with van der Waals surface area (Å²) in [6.07, 6.45) is 2.57. The van der Waals surface area contributed by atoms with Crippen molar-refractivity contribution in [1.82, 2.24) is 20.0 Å². The van der Waals surface area contributed by atoms with Gasteiger partial charge in [-0.2, -0.15) is 4.98 Å². The third kappa shape index (κ3) is 5.07. The second-order valence-corrected chi connectivity index (χ2v) is 10.3. The van der Waals surface area contributed by atoms with Gasteiger partial charge in [-0.15, -0.1) is 0 Å². The number of ether oxygens (including phenoxy) is 3. The van der Waals surface area contributed by atoms with Crippen molar-refractivity contribution in [3.05, 3.63) is 46.1 Å². The average molecular weight is 499 g/mol. The van der Waals surface area contributed by atoms with Gasteiger partial charge in [0.25, 0.3) is 5.89 Å². The highest BCUT2D eigenvalue weighted by molar-refractivity contribution is 6.32. The molecule has 1 aromatic carbocycles. The van der Waals surface area contributed by atoms with Crippen LogP contribution in [0, 0.1) is 6.92 Å². The Morgan fingerprint density at radius 1 is 1.20 bits per heavy atom. The molecule has 0 bridgehead atoms. The molecule has 0 spiro atoms. The molecule has 0 atom stereocenters. The molecule has 5 rings (SSSR count). The smallest absolute Gasteiger partial charge is 0.259 e. The number of nitrogens with zero attached hydrogens (tertiary/aromatic N) is 4. The van der Waals surface area contributed by atoms with E-state index < -0.39 is 5.79 Å². The number of pyridine rings is 1. The summed E-state index contributed by atoms with van der Waals surface area (Å²) >= 11 is 6.34. The number of hydrogen-bond donors (Lipinski definition) is 0. The molecule has 9 heteroatoms. The van der Waals surface area contributed by atoms with Gasteiger partial charge >= 0.3 is 0 Å². The van der Waals surface area contributed by atoms with Gasteiger partial charge in [-0.25, -0.2) is 4.98 Å². The summed E-state index contributed by atoms with van der Waals surface area (Å²) in [7, 11) is 0. The number of fused-ring (bicyclic) bond motifs is 1. The highest BCUT2D eigenvalue weighted by atomic mass is 35.5. The van der Waals surface area contributed by atoms with Crippen LogP contribution >= 0.6 is 11.6 Å². The van der Waals surface area contributed by atoms with Gasteiger partial charge in [0.1, 0.15) is 5.02 Å². The van der Waals surface area contributed by atoms with Crippen LogP contribution < -0.4 is 4.74 Å². The number of hydrogen-bond acceptors (Lipinski definition) is 8. The molecule has 8 nitrogen and oxygen atoms in total. The second kappa shape index (κ2) is 9.50. The molecule has 2 aromatic heterocycles.